The second-order valence-electron chi connectivity index (χ2n) is 6.93. The molecular formula is C16H27N3O3. The van der Waals surface area contributed by atoms with Gasteiger partial charge in [0.05, 0.1) is 19.8 Å². The Bertz CT molecular complexity index is 436. The Labute approximate surface area is 132 Å². The summed E-state index contributed by atoms with van der Waals surface area (Å²) >= 11 is 0. The van der Waals surface area contributed by atoms with Gasteiger partial charge in [0.25, 0.3) is 0 Å². The second-order valence-corrected chi connectivity index (χ2v) is 6.93. The number of amides is 2. The molecule has 124 valence electrons. The van der Waals surface area contributed by atoms with Crippen LogP contribution in [0.2, 0.25) is 0 Å². The highest BCUT2D eigenvalue weighted by molar-refractivity contribution is 5.79. The van der Waals surface area contributed by atoms with E-state index < -0.39 is 0 Å². The Morgan fingerprint density at radius 1 is 1.27 bits per heavy atom. The van der Waals surface area contributed by atoms with E-state index in [4.69, 9.17) is 4.74 Å². The molecule has 6 nitrogen and oxygen atoms in total. The van der Waals surface area contributed by atoms with Crippen molar-refractivity contribution in [2.75, 3.05) is 39.4 Å². The van der Waals surface area contributed by atoms with E-state index in [1.54, 1.807) is 0 Å². The highest BCUT2D eigenvalue weighted by Gasteiger charge is 2.45. The van der Waals surface area contributed by atoms with E-state index in [0.717, 1.165) is 52.0 Å². The number of nitrogens with zero attached hydrogens (tertiary/aromatic N) is 2. The largest absolute Gasteiger partial charge is 0.378 e. The van der Waals surface area contributed by atoms with Crippen LogP contribution >= 0.6 is 0 Å². The second kappa shape index (κ2) is 6.54. The lowest BCUT2D eigenvalue weighted by molar-refractivity contribution is -0.146. The number of carbonyl (C=O) groups is 2. The molecule has 1 N–H and O–H groups in total. The van der Waals surface area contributed by atoms with Gasteiger partial charge in [-0.2, -0.15) is 0 Å². The summed E-state index contributed by atoms with van der Waals surface area (Å²) in [6.45, 7) is 5.85. The quantitative estimate of drug-likeness (QED) is 0.818. The molecule has 1 aliphatic carbocycles. The number of rotatable bonds is 3. The fraction of sp³-hybridized carbons (Fsp3) is 0.875. The molecule has 1 unspecified atom stereocenters. The molecule has 1 spiro atoms. The fourth-order valence-electron chi connectivity index (χ4n) is 3.93. The average Bonchev–Trinajstić information content (AvgIpc) is 2.45. The number of hydrogen-bond donors (Lipinski definition) is 1. The lowest BCUT2D eigenvalue weighted by Gasteiger charge is -2.52. The van der Waals surface area contributed by atoms with Gasteiger partial charge in [-0.3, -0.25) is 14.5 Å². The molecule has 0 bridgehead atoms. The summed E-state index contributed by atoms with van der Waals surface area (Å²) in [5, 5.41) is 2.94. The van der Waals surface area contributed by atoms with Crippen molar-refractivity contribution in [3.8, 4) is 0 Å². The average molecular weight is 309 g/mol. The van der Waals surface area contributed by atoms with Crippen LogP contribution in [-0.4, -0.2) is 72.6 Å². The molecule has 0 radical (unpaired) electrons. The van der Waals surface area contributed by atoms with Gasteiger partial charge in [0.1, 0.15) is 0 Å². The Kier molecular flexibility index (Phi) is 4.68. The highest BCUT2D eigenvalue weighted by Crippen LogP contribution is 2.39. The number of ether oxygens (including phenoxy) is 1. The van der Waals surface area contributed by atoms with E-state index in [1.807, 2.05) is 4.90 Å². The summed E-state index contributed by atoms with van der Waals surface area (Å²) in [5.41, 5.74) is 0.126. The third kappa shape index (κ3) is 3.27. The third-order valence-electron chi connectivity index (χ3n) is 5.34. The maximum absolute atomic E-state index is 12.7. The first-order valence-electron chi connectivity index (χ1n) is 8.47. The van der Waals surface area contributed by atoms with Crippen molar-refractivity contribution in [2.24, 2.45) is 0 Å². The topological polar surface area (TPSA) is 61.9 Å². The summed E-state index contributed by atoms with van der Waals surface area (Å²) < 4.78 is 5.63. The molecule has 2 amide bonds. The lowest BCUT2D eigenvalue weighted by atomic mass is 9.75. The van der Waals surface area contributed by atoms with Crippen LogP contribution in [0.4, 0.5) is 0 Å². The molecule has 3 aliphatic rings. The van der Waals surface area contributed by atoms with Gasteiger partial charge in [-0.15, -0.1) is 0 Å². The molecule has 0 aromatic carbocycles. The predicted octanol–water partition coefficient (Wildman–Crippen LogP) is 0.368. The first kappa shape index (κ1) is 15.7. The maximum atomic E-state index is 12.7. The van der Waals surface area contributed by atoms with Gasteiger partial charge in [0, 0.05) is 38.1 Å². The van der Waals surface area contributed by atoms with Crippen molar-refractivity contribution in [1.82, 2.24) is 15.1 Å². The van der Waals surface area contributed by atoms with Gasteiger partial charge in [0.15, 0.2) is 0 Å². The van der Waals surface area contributed by atoms with E-state index in [2.05, 4.69) is 10.2 Å². The molecule has 1 atom stereocenters. The Morgan fingerprint density at radius 3 is 2.77 bits per heavy atom. The predicted molar refractivity (Wildman–Crippen MR) is 82.4 cm³/mol. The number of carbonyl (C=O) groups excluding carboxylic acids is 2. The molecule has 0 aromatic heterocycles. The highest BCUT2D eigenvalue weighted by atomic mass is 16.5. The number of likely N-dealkylation sites (tertiary alicyclic amines) is 1. The van der Waals surface area contributed by atoms with E-state index in [0.29, 0.717) is 13.1 Å². The minimum atomic E-state index is -0.0131. The first-order valence-corrected chi connectivity index (χ1v) is 8.47. The van der Waals surface area contributed by atoms with Crippen molar-refractivity contribution in [1.29, 1.82) is 0 Å². The summed E-state index contributed by atoms with van der Waals surface area (Å²) in [7, 11) is 0. The van der Waals surface area contributed by atoms with Crippen molar-refractivity contribution >= 4 is 11.8 Å². The summed E-state index contributed by atoms with van der Waals surface area (Å²) in [6.07, 6.45) is 5.46. The number of nitrogens with one attached hydrogen (secondary N) is 1. The fourth-order valence-corrected chi connectivity index (χ4v) is 3.93. The van der Waals surface area contributed by atoms with Crippen LogP contribution in [-0.2, 0) is 14.3 Å². The van der Waals surface area contributed by atoms with Crippen LogP contribution in [0.1, 0.15) is 39.0 Å². The SMILES string of the molecule is CC(=O)NC1CCCN(C(=O)CN2CCOCC23CCC3)C1. The maximum Gasteiger partial charge on any atom is 0.236 e. The molecule has 1 saturated carbocycles. The first-order chi connectivity index (χ1) is 10.6. The standard InChI is InChI=1S/C16H27N3O3/c1-13(20)17-14-4-2-7-18(10-14)15(21)11-19-8-9-22-12-16(19)5-3-6-16/h14H,2-12H2,1H3,(H,17,20). The Morgan fingerprint density at radius 2 is 2.09 bits per heavy atom. The van der Waals surface area contributed by atoms with E-state index in [1.165, 1.54) is 13.3 Å². The molecular weight excluding hydrogens is 282 g/mol. The molecule has 2 heterocycles. The smallest absolute Gasteiger partial charge is 0.236 e. The lowest BCUT2D eigenvalue weighted by Crippen LogP contribution is -2.63. The summed E-state index contributed by atoms with van der Waals surface area (Å²) in [4.78, 5) is 28.1. The van der Waals surface area contributed by atoms with Crippen LogP contribution in [0.3, 0.4) is 0 Å². The van der Waals surface area contributed by atoms with E-state index in [-0.39, 0.29) is 23.4 Å². The molecule has 6 heteroatoms. The molecule has 0 aromatic rings. The van der Waals surface area contributed by atoms with Crippen LogP contribution < -0.4 is 5.32 Å². The number of morpholine rings is 1. The van der Waals surface area contributed by atoms with Gasteiger partial charge in [0.2, 0.25) is 11.8 Å². The molecule has 3 fully saturated rings. The number of hydrogen-bond acceptors (Lipinski definition) is 4. The van der Waals surface area contributed by atoms with Gasteiger partial charge >= 0.3 is 0 Å². The van der Waals surface area contributed by atoms with Crippen molar-refractivity contribution in [3.63, 3.8) is 0 Å². The Balaban J connectivity index is 1.55. The van der Waals surface area contributed by atoms with Crippen LogP contribution in [0.15, 0.2) is 0 Å². The van der Waals surface area contributed by atoms with Crippen LogP contribution in [0.25, 0.3) is 0 Å². The van der Waals surface area contributed by atoms with Crippen molar-refractivity contribution in [3.05, 3.63) is 0 Å². The zero-order chi connectivity index (χ0) is 15.6. The molecule has 22 heavy (non-hydrogen) atoms. The van der Waals surface area contributed by atoms with E-state index >= 15 is 0 Å². The minimum absolute atomic E-state index is 0.0131. The Hall–Kier alpha value is -1.14. The molecule has 2 saturated heterocycles. The van der Waals surface area contributed by atoms with E-state index in [9.17, 15) is 9.59 Å². The number of piperidine rings is 1. The monoisotopic (exact) mass is 309 g/mol. The molecule has 2 aliphatic heterocycles. The van der Waals surface area contributed by atoms with Gasteiger partial charge < -0.3 is 15.0 Å². The van der Waals surface area contributed by atoms with Crippen LogP contribution in [0.5, 0.6) is 0 Å². The van der Waals surface area contributed by atoms with Gasteiger partial charge in [-0.1, -0.05) is 0 Å². The normalized spacial score (nSPS) is 28.2. The summed E-state index contributed by atoms with van der Waals surface area (Å²) in [5.74, 6) is 0.184. The van der Waals surface area contributed by atoms with Crippen LogP contribution in [0, 0.1) is 0 Å². The zero-order valence-corrected chi connectivity index (χ0v) is 13.5. The zero-order valence-electron chi connectivity index (χ0n) is 13.5. The third-order valence-corrected chi connectivity index (χ3v) is 5.34. The summed E-state index contributed by atoms with van der Waals surface area (Å²) in [6, 6.07) is 0.109. The van der Waals surface area contributed by atoms with Gasteiger partial charge in [-0.25, -0.2) is 0 Å². The van der Waals surface area contributed by atoms with Gasteiger partial charge in [-0.05, 0) is 32.1 Å². The van der Waals surface area contributed by atoms with Crippen molar-refractivity contribution < 1.29 is 14.3 Å². The molecule has 3 rings (SSSR count). The minimum Gasteiger partial charge on any atom is -0.378 e. The van der Waals surface area contributed by atoms with Crippen molar-refractivity contribution in [2.45, 2.75) is 50.6 Å².